The number of phenols is 1. The van der Waals surface area contributed by atoms with Crippen molar-refractivity contribution in [3.05, 3.63) is 40.8 Å². The number of morpholine rings is 1. The van der Waals surface area contributed by atoms with E-state index in [4.69, 9.17) is 9.47 Å². The molecule has 0 aromatic heterocycles. The molecular weight excluding hydrogens is 360 g/mol. The normalized spacial score (nSPS) is 18.9. The Hall–Kier alpha value is -2.80. The lowest BCUT2D eigenvalue weighted by Crippen LogP contribution is -2.41. The molecule has 0 radical (unpaired) electrons. The van der Waals surface area contributed by atoms with E-state index in [1.54, 1.807) is 15.9 Å². The summed E-state index contributed by atoms with van der Waals surface area (Å²) in [6.07, 6.45) is 4.41. The molecule has 0 atom stereocenters. The maximum Gasteiger partial charge on any atom is 0.261 e. The van der Waals surface area contributed by atoms with Crippen LogP contribution in [0.1, 0.15) is 43.5 Å². The van der Waals surface area contributed by atoms with E-state index in [0.717, 1.165) is 18.5 Å². The number of rotatable bonds is 2. The topological polar surface area (TPSA) is 79.3 Å². The lowest BCUT2D eigenvalue weighted by atomic mass is 9.96. The molecule has 2 aliphatic heterocycles. The molecule has 1 N–H and O–H groups in total. The summed E-state index contributed by atoms with van der Waals surface area (Å²) < 4.78 is 11.4. The van der Waals surface area contributed by atoms with Gasteiger partial charge in [-0.15, -0.1) is 0 Å². The van der Waals surface area contributed by atoms with Gasteiger partial charge < -0.3 is 19.5 Å². The molecular formula is C21H24N2O5. The highest BCUT2D eigenvalue weighted by Gasteiger charge is 2.36. The second kappa shape index (κ2) is 7.31. The highest BCUT2D eigenvalue weighted by atomic mass is 16.5. The van der Waals surface area contributed by atoms with Gasteiger partial charge in [-0.2, -0.15) is 0 Å². The molecule has 0 bridgehead atoms. The van der Waals surface area contributed by atoms with Gasteiger partial charge >= 0.3 is 0 Å². The maximum absolute atomic E-state index is 13.1. The SMILES string of the molecule is CCC1=CC2=C(CC1)Oc1c(ccc(O)c1C(=O)N1CCOCC1)N2C(C)=O. The fourth-order valence-electron chi connectivity index (χ4n) is 3.88. The van der Waals surface area contributed by atoms with Crippen LogP contribution in [0.5, 0.6) is 11.5 Å². The number of benzene rings is 1. The van der Waals surface area contributed by atoms with Crippen molar-refractivity contribution in [1.29, 1.82) is 0 Å². The largest absolute Gasteiger partial charge is 0.507 e. The minimum atomic E-state index is -0.314. The number of nitrogens with zero attached hydrogens (tertiary/aromatic N) is 2. The fourth-order valence-corrected chi connectivity index (χ4v) is 3.88. The van der Waals surface area contributed by atoms with Crippen LogP contribution < -0.4 is 9.64 Å². The summed E-state index contributed by atoms with van der Waals surface area (Å²) in [5, 5.41) is 10.5. The molecule has 7 heteroatoms. The Labute approximate surface area is 163 Å². The zero-order valence-corrected chi connectivity index (χ0v) is 16.2. The molecule has 1 aliphatic carbocycles. The second-order valence-corrected chi connectivity index (χ2v) is 7.13. The van der Waals surface area contributed by atoms with Crippen molar-refractivity contribution >= 4 is 17.5 Å². The average Bonchev–Trinajstić information content (AvgIpc) is 2.71. The van der Waals surface area contributed by atoms with Crippen LogP contribution in [0, 0.1) is 0 Å². The first-order valence-corrected chi connectivity index (χ1v) is 9.65. The van der Waals surface area contributed by atoms with Gasteiger partial charge in [0.25, 0.3) is 5.91 Å². The van der Waals surface area contributed by atoms with Gasteiger partial charge in [-0.05, 0) is 31.1 Å². The van der Waals surface area contributed by atoms with Gasteiger partial charge in [0.15, 0.2) is 5.75 Å². The standard InChI is InChI=1S/C21H24N2O5/c1-3-14-4-7-18-16(12-14)23(13(2)24)15-5-6-17(25)19(20(15)28-18)21(26)22-8-10-27-11-9-22/h5-6,12,25H,3-4,7-11H2,1-2H3. The summed E-state index contributed by atoms with van der Waals surface area (Å²) in [5.41, 5.74) is 2.55. The van der Waals surface area contributed by atoms with Crippen molar-refractivity contribution in [3.63, 3.8) is 0 Å². The van der Waals surface area contributed by atoms with Crippen LogP contribution >= 0.6 is 0 Å². The Balaban J connectivity index is 1.82. The van der Waals surface area contributed by atoms with Gasteiger partial charge in [0.05, 0.1) is 24.6 Å². The Morgan fingerprint density at radius 3 is 2.61 bits per heavy atom. The van der Waals surface area contributed by atoms with Crippen molar-refractivity contribution in [2.24, 2.45) is 0 Å². The third kappa shape index (κ3) is 3.05. The number of hydrogen-bond donors (Lipinski definition) is 1. The molecule has 3 aliphatic rings. The van der Waals surface area contributed by atoms with E-state index in [1.165, 1.54) is 18.6 Å². The van der Waals surface area contributed by atoms with Crippen molar-refractivity contribution in [2.75, 3.05) is 31.2 Å². The summed E-state index contributed by atoms with van der Waals surface area (Å²) in [6.45, 7) is 5.40. The van der Waals surface area contributed by atoms with Gasteiger partial charge in [0, 0.05) is 26.4 Å². The molecule has 28 heavy (non-hydrogen) atoms. The number of allylic oxidation sites excluding steroid dienone is 3. The minimum Gasteiger partial charge on any atom is -0.507 e. The van der Waals surface area contributed by atoms with Gasteiger partial charge in [-0.25, -0.2) is 0 Å². The number of carbonyl (C=O) groups is 2. The molecule has 2 amide bonds. The van der Waals surface area contributed by atoms with E-state index >= 15 is 0 Å². The fraction of sp³-hybridized carbons (Fsp3) is 0.429. The van der Waals surface area contributed by atoms with Crippen molar-refractivity contribution in [2.45, 2.75) is 33.1 Å². The molecule has 1 saturated heterocycles. The zero-order chi connectivity index (χ0) is 19.8. The molecule has 1 fully saturated rings. The summed E-state index contributed by atoms with van der Waals surface area (Å²) in [7, 11) is 0. The van der Waals surface area contributed by atoms with Crippen molar-refractivity contribution < 1.29 is 24.2 Å². The quantitative estimate of drug-likeness (QED) is 0.848. The number of amides is 2. The van der Waals surface area contributed by atoms with Crippen molar-refractivity contribution in [3.8, 4) is 11.5 Å². The Morgan fingerprint density at radius 2 is 1.93 bits per heavy atom. The molecule has 4 rings (SSSR count). The average molecular weight is 384 g/mol. The number of carbonyl (C=O) groups excluding carboxylic acids is 2. The first-order chi connectivity index (χ1) is 13.5. The Bertz CT molecular complexity index is 896. The lowest BCUT2D eigenvalue weighted by molar-refractivity contribution is -0.116. The summed E-state index contributed by atoms with van der Waals surface area (Å²) in [5.74, 6) is 0.274. The molecule has 1 aromatic rings. The number of ether oxygens (including phenoxy) is 2. The number of hydrogen-bond acceptors (Lipinski definition) is 5. The van der Waals surface area contributed by atoms with Gasteiger partial charge in [0.1, 0.15) is 17.1 Å². The highest BCUT2D eigenvalue weighted by molar-refractivity contribution is 6.05. The van der Waals surface area contributed by atoms with Crippen LogP contribution in [-0.4, -0.2) is 48.1 Å². The first-order valence-electron chi connectivity index (χ1n) is 9.65. The number of anilines is 1. The predicted molar refractivity (Wildman–Crippen MR) is 103 cm³/mol. The van der Waals surface area contributed by atoms with E-state index in [9.17, 15) is 14.7 Å². The van der Waals surface area contributed by atoms with Gasteiger partial charge in [-0.3, -0.25) is 14.5 Å². The molecule has 7 nitrogen and oxygen atoms in total. The number of aromatic hydroxyl groups is 1. The van der Waals surface area contributed by atoms with Crippen molar-refractivity contribution in [1.82, 2.24) is 4.90 Å². The molecule has 148 valence electrons. The van der Waals surface area contributed by atoms with E-state index in [-0.39, 0.29) is 28.9 Å². The third-order valence-corrected chi connectivity index (χ3v) is 5.40. The van der Waals surface area contributed by atoms with Crippen LogP contribution in [0.15, 0.2) is 35.2 Å². The van der Waals surface area contributed by atoms with E-state index in [1.807, 2.05) is 6.08 Å². The highest BCUT2D eigenvalue weighted by Crippen LogP contribution is 2.46. The monoisotopic (exact) mass is 384 g/mol. The van der Waals surface area contributed by atoms with Crippen LogP contribution in [0.25, 0.3) is 0 Å². The zero-order valence-electron chi connectivity index (χ0n) is 16.2. The summed E-state index contributed by atoms with van der Waals surface area (Å²) in [4.78, 5) is 28.9. The van der Waals surface area contributed by atoms with Crippen LogP contribution in [0.3, 0.4) is 0 Å². The molecule has 0 saturated carbocycles. The molecule has 2 heterocycles. The maximum atomic E-state index is 13.1. The Morgan fingerprint density at radius 1 is 1.18 bits per heavy atom. The second-order valence-electron chi connectivity index (χ2n) is 7.13. The molecule has 1 aromatic carbocycles. The molecule has 0 spiro atoms. The van der Waals surface area contributed by atoms with Crippen LogP contribution in [0.2, 0.25) is 0 Å². The number of fused-ring (bicyclic) bond motifs is 1. The van der Waals surface area contributed by atoms with Gasteiger partial charge in [-0.1, -0.05) is 12.5 Å². The van der Waals surface area contributed by atoms with Crippen LogP contribution in [0.4, 0.5) is 5.69 Å². The van der Waals surface area contributed by atoms with Crippen LogP contribution in [-0.2, 0) is 9.53 Å². The Kier molecular flexibility index (Phi) is 4.85. The van der Waals surface area contributed by atoms with E-state index in [0.29, 0.717) is 44.2 Å². The number of phenolic OH excluding ortho intramolecular Hbond substituents is 1. The summed E-state index contributed by atoms with van der Waals surface area (Å²) in [6, 6.07) is 3.07. The first kappa shape index (κ1) is 18.6. The minimum absolute atomic E-state index is 0.0995. The third-order valence-electron chi connectivity index (χ3n) is 5.40. The summed E-state index contributed by atoms with van der Waals surface area (Å²) >= 11 is 0. The van der Waals surface area contributed by atoms with Gasteiger partial charge in [0.2, 0.25) is 5.91 Å². The van der Waals surface area contributed by atoms with E-state index < -0.39 is 0 Å². The molecule has 0 unspecified atom stereocenters. The van der Waals surface area contributed by atoms with E-state index in [2.05, 4.69) is 6.92 Å². The lowest BCUT2D eigenvalue weighted by Gasteiger charge is -2.36. The smallest absolute Gasteiger partial charge is 0.261 e. The predicted octanol–water partition coefficient (Wildman–Crippen LogP) is 2.95.